The maximum atomic E-state index is 11.9. The molecule has 0 radical (unpaired) electrons. The number of sulfonamides is 1. The highest BCUT2D eigenvalue weighted by Crippen LogP contribution is 2.33. The molecule has 3 heterocycles. The largest absolute Gasteiger partial charge is 0.377 e. The minimum atomic E-state index is -3.24. The lowest BCUT2D eigenvalue weighted by Gasteiger charge is -2.29. The van der Waals surface area contributed by atoms with Crippen LogP contribution in [0, 0.1) is 5.92 Å². The van der Waals surface area contributed by atoms with Gasteiger partial charge in [0.15, 0.2) is 0 Å². The summed E-state index contributed by atoms with van der Waals surface area (Å²) >= 11 is 0. The van der Waals surface area contributed by atoms with Crippen molar-refractivity contribution < 1.29 is 17.9 Å². The highest BCUT2D eigenvalue weighted by molar-refractivity contribution is 7.88. The molecule has 2 atom stereocenters. The van der Waals surface area contributed by atoms with Gasteiger partial charge in [-0.05, 0) is 18.6 Å². The van der Waals surface area contributed by atoms with Crippen LogP contribution in [0.4, 0.5) is 5.82 Å². The molecule has 2 saturated heterocycles. The number of hydrogen-bond donors (Lipinski definition) is 1. The zero-order valence-corrected chi connectivity index (χ0v) is 14.1. The van der Waals surface area contributed by atoms with Crippen molar-refractivity contribution in [2.24, 2.45) is 5.92 Å². The summed E-state index contributed by atoms with van der Waals surface area (Å²) < 4.78 is 36.8. The van der Waals surface area contributed by atoms with Crippen molar-refractivity contribution >= 4 is 15.8 Å². The van der Waals surface area contributed by atoms with Crippen molar-refractivity contribution in [1.29, 1.82) is 0 Å². The first kappa shape index (κ1) is 16.6. The molecule has 1 spiro atoms. The smallest absolute Gasteiger partial charge is 0.211 e. The SMILES string of the molecule is CS(=O)(=O)N1CCOCC2(CC(CNc3ccccn3)CO2)C1. The Bertz CT molecular complexity index is 625. The maximum absolute atomic E-state index is 11.9. The third-order valence-electron chi connectivity index (χ3n) is 4.31. The Labute approximate surface area is 137 Å². The van der Waals surface area contributed by atoms with Gasteiger partial charge in [0.05, 0.1) is 26.1 Å². The van der Waals surface area contributed by atoms with Crippen molar-refractivity contribution in [1.82, 2.24) is 9.29 Å². The number of rotatable bonds is 4. The minimum absolute atomic E-state index is 0.306. The minimum Gasteiger partial charge on any atom is -0.377 e. The molecule has 8 heteroatoms. The molecule has 0 amide bonds. The van der Waals surface area contributed by atoms with Gasteiger partial charge in [-0.15, -0.1) is 0 Å². The topological polar surface area (TPSA) is 80.8 Å². The quantitative estimate of drug-likeness (QED) is 0.862. The fraction of sp³-hybridized carbons (Fsp3) is 0.667. The zero-order chi connectivity index (χ0) is 16.3. The van der Waals surface area contributed by atoms with Crippen LogP contribution in [0.5, 0.6) is 0 Å². The van der Waals surface area contributed by atoms with E-state index in [4.69, 9.17) is 9.47 Å². The number of aromatic nitrogens is 1. The molecule has 0 aliphatic carbocycles. The Balaban J connectivity index is 1.60. The Hall–Kier alpha value is -1.22. The van der Waals surface area contributed by atoms with Gasteiger partial charge in [-0.1, -0.05) is 6.07 Å². The second kappa shape index (κ2) is 6.72. The van der Waals surface area contributed by atoms with Gasteiger partial charge in [0.2, 0.25) is 10.0 Å². The van der Waals surface area contributed by atoms with Crippen LogP contribution < -0.4 is 5.32 Å². The lowest BCUT2D eigenvalue weighted by molar-refractivity contribution is -0.0511. The molecule has 0 bridgehead atoms. The number of pyridine rings is 1. The second-order valence-electron chi connectivity index (χ2n) is 6.31. The first-order valence-corrected chi connectivity index (χ1v) is 9.63. The van der Waals surface area contributed by atoms with E-state index < -0.39 is 15.6 Å². The van der Waals surface area contributed by atoms with E-state index in [0.717, 1.165) is 18.8 Å². The van der Waals surface area contributed by atoms with Gasteiger partial charge >= 0.3 is 0 Å². The zero-order valence-electron chi connectivity index (χ0n) is 13.3. The van der Waals surface area contributed by atoms with Crippen molar-refractivity contribution in [3.63, 3.8) is 0 Å². The summed E-state index contributed by atoms with van der Waals surface area (Å²) in [7, 11) is -3.24. The summed E-state index contributed by atoms with van der Waals surface area (Å²) in [6, 6.07) is 5.73. The first-order valence-electron chi connectivity index (χ1n) is 7.79. The number of ether oxygens (including phenoxy) is 2. The number of hydrogen-bond acceptors (Lipinski definition) is 6. The lowest BCUT2D eigenvalue weighted by atomic mass is 9.94. The normalized spacial score (nSPS) is 29.5. The predicted molar refractivity (Wildman–Crippen MR) is 86.8 cm³/mol. The van der Waals surface area contributed by atoms with E-state index in [1.165, 1.54) is 10.6 Å². The Morgan fingerprint density at radius 1 is 1.48 bits per heavy atom. The Morgan fingerprint density at radius 2 is 2.35 bits per heavy atom. The molecule has 1 aromatic rings. The Kier molecular flexibility index (Phi) is 4.86. The molecular weight excluding hydrogens is 318 g/mol. The van der Waals surface area contributed by atoms with Crippen LogP contribution in [0.2, 0.25) is 0 Å². The van der Waals surface area contributed by atoms with Crippen molar-refractivity contribution in [3.05, 3.63) is 24.4 Å². The van der Waals surface area contributed by atoms with E-state index >= 15 is 0 Å². The van der Waals surface area contributed by atoms with Crippen LogP contribution in [-0.4, -0.2) is 69.0 Å². The molecule has 2 aliphatic heterocycles. The third-order valence-corrected chi connectivity index (χ3v) is 5.56. The molecule has 0 aromatic carbocycles. The third kappa shape index (κ3) is 4.20. The molecular formula is C15H23N3O4S. The summed E-state index contributed by atoms with van der Waals surface area (Å²) in [5.41, 5.74) is -0.532. The van der Waals surface area contributed by atoms with Crippen molar-refractivity contribution in [3.8, 4) is 0 Å². The van der Waals surface area contributed by atoms with E-state index in [9.17, 15) is 8.42 Å². The van der Waals surface area contributed by atoms with Crippen LogP contribution >= 0.6 is 0 Å². The molecule has 1 N–H and O–H groups in total. The van der Waals surface area contributed by atoms with E-state index in [2.05, 4.69) is 10.3 Å². The van der Waals surface area contributed by atoms with Crippen LogP contribution in [0.25, 0.3) is 0 Å². The van der Waals surface area contributed by atoms with Crippen LogP contribution in [-0.2, 0) is 19.5 Å². The van der Waals surface area contributed by atoms with Crippen molar-refractivity contribution in [2.45, 2.75) is 12.0 Å². The number of nitrogens with zero attached hydrogens (tertiary/aromatic N) is 2. The van der Waals surface area contributed by atoms with Crippen LogP contribution in [0.15, 0.2) is 24.4 Å². The van der Waals surface area contributed by atoms with Gasteiger partial charge in [-0.2, -0.15) is 4.31 Å². The van der Waals surface area contributed by atoms with Crippen molar-refractivity contribution in [2.75, 3.05) is 51.0 Å². The van der Waals surface area contributed by atoms with Gasteiger partial charge in [-0.3, -0.25) is 0 Å². The summed E-state index contributed by atoms with van der Waals surface area (Å²) in [4.78, 5) is 4.24. The van der Waals surface area contributed by atoms with Gasteiger partial charge in [0, 0.05) is 31.7 Å². The molecule has 23 heavy (non-hydrogen) atoms. The summed E-state index contributed by atoms with van der Waals surface area (Å²) in [5, 5.41) is 3.30. The highest BCUT2D eigenvalue weighted by Gasteiger charge is 2.44. The molecule has 2 fully saturated rings. The standard InChI is InChI=1S/C15H23N3O4S/c1-23(19,20)18-6-7-21-12-15(11-18)8-13(10-22-15)9-17-14-4-2-3-5-16-14/h2-5,13H,6-12H2,1H3,(H,16,17). The van der Waals surface area contributed by atoms with Crippen LogP contribution in [0.1, 0.15) is 6.42 Å². The summed E-state index contributed by atoms with van der Waals surface area (Å²) in [6.07, 6.45) is 3.76. The van der Waals surface area contributed by atoms with Gasteiger partial charge in [0.1, 0.15) is 11.4 Å². The molecule has 2 aliphatic rings. The Morgan fingerprint density at radius 3 is 3.09 bits per heavy atom. The first-order chi connectivity index (χ1) is 11.0. The molecule has 2 unspecified atom stereocenters. The molecule has 128 valence electrons. The maximum Gasteiger partial charge on any atom is 0.211 e. The number of nitrogens with one attached hydrogen (secondary N) is 1. The van der Waals surface area contributed by atoms with Gasteiger partial charge < -0.3 is 14.8 Å². The number of anilines is 1. The predicted octanol–water partition coefficient (Wildman–Crippen LogP) is 0.561. The molecule has 7 nitrogen and oxygen atoms in total. The molecule has 0 saturated carbocycles. The average molecular weight is 341 g/mol. The average Bonchev–Trinajstić information content (AvgIpc) is 2.78. The highest BCUT2D eigenvalue weighted by atomic mass is 32.2. The van der Waals surface area contributed by atoms with Gasteiger partial charge in [-0.25, -0.2) is 13.4 Å². The van der Waals surface area contributed by atoms with E-state index in [-0.39, 0.29) is 0 Å². The molecule has 1 aromatic heterocycles. The van der Waals surface area contributed by atoms with E-state index in [1.807, 2.05) is 18.2 Å². The summed E-state index contributed by atoms with van der Waals surface area (Å²) in [5.74, 6) is 1.14. The van der Waals surface area contributed by atoms with E-state index in [0.29, 0.717) is 38.8 Å². The fourth-order valence-corrected chi connectivity index (χ4v) is 4.03. The van der Waals surface area contributed by atoms with Gasteiger partial charge in [0.25, 0.3) is 0 Å². The molecule has 3 rings (SSSR count). The summed E-state index contributed by atoms with van der Waals surface area (Å²) in [6.45, 7) is 2.96. The second-order valence-corrected chi connectivity index (χ2v) is 8.29. The monoisotopic (exact) mass is 341 g/mol. The lowest BCUT2D eigenvalue weighted by Crippen LogP contribution is -2.46. The van der Waals surface area contributed by atoms with E-state index in [1.54, 1.807) is 6.20 Å². The fourth-order valence-electron chi connectivity index (χ4n) is 3.15. The van der Waals surface area contributed by atoms with Crippen LogP contribution in [0.3, 0.4) is 0 Å².